The Kier molecular flexibility index (Phi) is 5.88. The first-order chi connectivity index (χ1) is 15.2. The number of carbonyl (C=O) groups is 1. The molecule has 2 unspecified atom stereocenters. The number of hydrogen-bond donors (Lipinski definition) is 1. The summed E-state index contributed by atoms with van der Waals surface area (Å²) >= 11 is 0. The first-order valence-corrected chi connectivity index (χ1v) is 11.0. The summed E-state index contributed by atoms with van der Waals surface area (Å²) in [4.78, 5) is 31.1. The van der Waals surface area contributed by atoms with E-state index in [0.717, 1.165) is 11.3 Å². The molecule has 2 aromatic carbocycles. The van der Waals surface area contributed by atoms with Crippen molar-refractivity contribution < 1.29 is 4.79 Å². The first-order valence-electron chi connectivity index (χ1n) is 11.0. The predicted octanol–water partition coefficient (Wildman–Crippen LogP) is 2.92. The number of fused-ring (bicyclic) bond motifs is 2. The van der Waals surface area contributed by atoms with Gasteiger partial charge in [0.15, 0.2) is 5.78 Å². The smallest absolute Gasteiger partial charge is 0.274 e. The lowest BCUT2D eigenvalue weighted by Gasteiger charge is -2.26. The zero-order chi connectivity index (χ0) is 23.2. The van der Waals surface area contributed by atoms with Gasteiger partial charge in [-0.05, 0) is 54.2 Å². The van der Waals surface area contributed by atoms with Crippen LogP contribution in [-0.2, 0) is 6.54 Å². The van der Waals surface area contributed by atoms with Crippen molar-refractivity contribution in [1.82, 2.24) is 19.6 Å². The SMILES string of the molecule is CC(CNc1ccc2c(=O)n(CC(C)N(C)C)nc3c2c1C(=O)c1ccccc1-3)N(C)C. The Labute approximate surface area is 188 Å². The van der Waals surface area contributed by atoms with Gasteiger partial charge in [-0.3, -0.25) is 9.59 Å². The molecule has 0 saturated carbocycles. The predicted molar refractivity (Wildman–Crippen MR) is 130 cm³/mol. The van der Waals surface area contributed by atoms with Crippen LogP contribution < -0.4 is 10.9 Å². The second kappa shape index (κ2) is 8.48. The van der Waals surface area contributed by atoms with Crippen molar-refractivity contribution in [3.05, 3.63) is 57.9 Å². The molecule has 1 N–H and O–H groups in total. The third kappa shape index (κ3) is 3.72. The van der Waals surface area contributed by atoms with Crippen LogP contribution in [0.15, 0.2) is 41.2 Å². The monoisotopic (exact) mass is 433 g/mol. The van der Waals surface area contributed by atoms with E-state index in [1.165, 1.54) is 0 Å². The molecule has 0 spiro atoms. The minimum atomic E-state index is -0.168. The van der Waals surface area contributed by atoms with Crippen LogP contribution >= 0.6 is 0 Å². The molecule has 1 heterocycles. The summed E-state index contributed by atoms with van der Waals surface area (Å²) in [5.41, 5.74) is 3.21. The van der Waals surface area contributed by atoms with Gasteiger partial charge >= 0.3 is 0 Å². The lowest BCUT2D eigenvalue weighted by molar-refractivity contribution is 0.104. The van der Waals surface area contributed by atoms with Gasteiger partial charge in [0.1, 0.15) is 5.69 Å². The maximum atomic E-state index is 13.6. The number of nitrogens with one attached hydrogen (secondary N) is 1. The van der Waals surface area contributed by atoms with Gasteiger partial charge < -0.3 is 15.1 Å². The summed E-state index contributed by atoms with van der Waals surface area (Å²) in [5.74, 6) is -0.0701. The lowest BCUT2D eigenvalue weighted by Crippen LogP contribution is -2.36. The third-order valence-electron chi connectivity index (χ3n) is 6.57. The summed E-state index contributed by atoms with van der Waals surface area (Å²) in [6, 6.07) is 11.6. The summed E-state index contributed by atoms with van der Waals surface area (Å²) in [6.45, 7) is 5.33. The number of benzene rings is 2. The van der Waals surface area contributed by atoms with Crippen LogP contribution in [0.1, 0.15) is 29.8 Å². The molecule has 1 aliphatic carbocycles. The number of likely N-dealkylation sites (N-methyl/N-ethyl adjacent to an activating group) is 2. The Morgan fingerprint density at radius 3 is 2.25 bits per heavy atom. The lowest BCUT2D eigenvalue weighted by atomic mass is 9.85. The van der Waals surface area contributed by atoms with Gasteiger partial charge in [0.2, 0.25) is 0 Å². The standard InChI is InChI=1S/C25H31N5O2/c1-15(28(3)4)13-26-20-12-11-19-21-22(20)24(31)18-10-8-7-9-17(18)23(21)27-30(25(19)32)14-16(2)29(5)6/h7-12,15-16,26H,13-14H2,1-6H3. The molecule has 7 nitrogen and oxygen atoms in total. The van der Waals surface area contributed by atoms with Crippen molar-refractivity contribution in [2.75, 3.05) is 40.1 Å². The van der Waals surface area contributed by atoms with Crippen LogP contribution in [0.25, 0.3) is 22.0 Å². The molecule has 168 valence electrons. The van der Waals surface area contributed by atoms with E-state index in [9.17, 15) is 9.59 Å². The molecule has 0 amide bonds. The maximum absolute atomic E-state index is 13.6. The molecule has 0 aliphatic heterocycles. The summed E-state index contributed by atoms with van der Waals surface area (Å²) in [5, 5.41) is 9.40. The normalized spacial score (nSPS) is 14.7. The van der Waals surface area contributed by atoms with E-state index in [1.807, 2.05) is 64.6 Å². The van der Waals surface area contributed by atoms with Crippen molar-refractivity contribution >= 4 is 22.2 Å². The number of anilines is 1. The summed E-state index contributed by atoms with van der Waals surface area (Å²) < 4.78 is 1.54. The quantitative estimate of drug-likeness (QED) is 0.483. The Balaban J connectivity index is 1.95. The van der Waals surface area contributed by atoms with Gasteiger partial charge in [-0.25, -0.2) is 4.68 Å². The highest BCUT2D eigenvalue weighted by Gasteiger charge is 2.30. The first kappa shape index (κ1) is 22.2. The molecule has 2 atom stereocenters. The number of ketones is 1. The zero-order valence-electron chi connectivity index (χ0n) is 19.6. The molecule has 1 aromatic heterocycles. The highest BCUT2D eigenvalue weighted by atomic mass is 16.1. The van der Waals surface area contributed by atoms with Crippen LogP contribution in [0.2, 0.25) is 0 Å². The van der Waals surface area contributed by atoms with Crippen LogP contribution in [0.3, 0.4) is 0 Å². The summed E-state index contributed by atoms with van der Waals surface area (Å²) in [7, 11) is 8.02. The van der Waals surface area contributed by atoms with Crippen molar-refractivity contribution in [3.63, 3.8) is 0 Å². The van der Waals surface area contributed by atoms with Crippen LogP contribution in [0.4, 0.5) is 5.69 Å². The molecule has 0 fully saturated rings. The average Bonchev–Trinajstić information content (AvgIpc) is 2.77. The van der Waals surface area contributed by atoms with Crippen LogP contribution in [-0.4, -0.2) is 72.2 Å². The van der Waals surface area contributed by atoms with Gasteiger partial charge in [-0.1, -0.05) is 24.3 Å². The molecule has 3 aromatic rings. The van der Waals surface area contributed by atoms with Gasteiger partial charge in [0.25, 0.3) is 5.56 Å². The Morgan fingerprint density at radius 2 is 1.59 bits per heavy atom. The number of aromatic nitrogens is 2. The van der Waals surface area contributed by atoms with E-state index in [0.29, 0.717) is 40.7 Å². The minimum Gasteiger partial charge on any atom is -0.383 e. The topological polar surface area (TPSA) is 70.5 Å². The largest absolute Gasteiger partial charge is 0.383 e. The van der Waals surface area contributed by atoms with E-state index in [4.69, 9.17) is 5.10 Å². The summed E-state index contributed by atoms with van der Waals surface area (Å²) in [6.07, 6.45) is 0. The molecule has 0 bridgehead atoms. The molecule has 7 heteroatoms. The van der Waals surface area contributed by atoms with Gasteiger partial charge in [0, 0.05) is 40.8 Å². The van der Waals surface area contributed by atoms with E-state index in [2.05, 4.69) is 29.0 Å². The van der Waals surface area contributed by atoms with E-state index >= 15 is 0 Å². The van der Waals surface area contributed by atoms with Gasteiger partial charge in [0.05, 0.1) is 17.5 Å². The fourth-order valence-electron chi connectivity index (χ4n) is 3.95. The minimum absolute atomic E-state index is 0.0701. The highest BCUT2D eigenvalue weighted by molar-refractivity contribution is 6.27. The Hall–Kier alpha value is -3.03. The maximum Gasteiger partial charge on any atom is 0.274 e. The van der Waals surface area contributed by atoms with Crippen LogP contribution in [0, 0.1) is 0 Å². The highest BCUT2D eigenvalue weighted by Crippen LogP contribution is 2.40. The molecule has 0 radical (unpaired) electrons. The van der Waals surface area contributed by atoms with E-state index in [1.54, 1.807) is 4.68 Å². The Morgan fingerprint density at radius 1 is 0.938 bits per heavy atom. The van der Waals surface area contributed by atoms with E-state index in [-0.39, 0.29) is 23.4 Å². The van der Waals surface area contributed by atoms with Gasteiger partial charge in [-0.15, -0.1) is 0 Å². The molecule has 1 aliphatic rings. The number of hydrogen-bond acceptors (Lipinski definition) is 6. The Bertz CT molecular complexity index is 1250. The molecular formula is C25H31N5O2. The zero-order valence-corrected chi connectivity index (χ0v) is 19.6. The molecule has 0 saturated heterocycles. The fourth-order valence-corrected chi connectivity index (χ4v) is 3.95. The van der Waals surface area contributed by atoms with Crippen molar-refractivity contribution in [1.29, 1.82) is 0 Å². The average molecular weight is 434 g/mol. The second-order valence-electron chi connectivity index (χ2n) is 9.13. The second-order valence-corrected chi connectivity index (χ2v) is 9.13. The number of nitrogens with zero attached hydrogens (tertiary/aromatic N) is 4. The molecule has 32 heavy (non-hydrogen) atoms. The molecule has 4 rings (SSSR count). The van der Waals surface area contributed by atoms with Crippen molar-refractivity contribution in [2.45, 2.75) is 32.5 Å². The van der Waals surface area contributed by atoms with Crippen LogP contribution in [0.5, 0.6) is 0 Å². The molecular weight excluding hydrogens is 402 g/mol. The van der Waals surface area contributed by atoms with Gasteiger partial charge in [-0.2, -0.15) is 5.10 Å². The van der Waals surface area contributed by atoms with Crippen molar-refractivity contribution in [3.8, 4) is 11.3 Å². The fraction of sp³-hybridized carbons (Fsp3) is 0.400. The number of rotatable bonds is 7. The van der Waals surface area contributed by atoms with E-state index < -0.39 is 0 Å². The number of carbonyl (C=O) groups excluding carboxylic acids is 1. The van der Waals surface area contributed by atoms with Crippen molar-refractivity contribution in [2.24, 2.45) is 0 Å². The third-order valence-corrected chi connectivity index (χ3v) is 6.57.